The van der Waals surface area contributed by atoms with Gasteiger partial charge in [-0.3, -0.25) is 0 Å². The number of nitrogens with zero attached hydrogens (tertiary/aromatic N) is 3. The van der Waals surface area contributed by atoms with E-state index in [0.29, 0.717) is 35.7 Å². The van der Waals surface area contributed by atoms with E-state index in [-0.39, 0.29) is 5.41 Å². The van der Waals surface area contributed by atoms with Crippen molar-refractivity contribution in [2.75, 3.05) is 4.90 Å². The second-order valence-electron chi connectivity index (χ2n) is 17.0. The third-order valence-corrected chi connectivity index (χ3v) is 15.9. The minimum Gasteiger partial charge on any atom is -0.0885 e. The van der Waals surface area contributed by atoms with Crippen LogP contribution >= 0.6 is 0 Å². The number of nitrogens with two attached hydrogens (primary N) is 1. The molecule has 5 nitrogen and oxygen atoms in total. The van der Waals surface area contributed by atoms with E-state index in [1.54, 1.807) is 0 Å². The molecule has 6 aliphatic rings. The zero-order chi connectivity index (χ0) is 38.3. The summed E-state index contributed by atoms with van der Waals surface area (Å²) in [5.41, 5.74) is 15.0. The van der Waals surface area contributed by atoms with Gasteiger partial charge in [-0.2, -0.15) is 0 Å². The van der Waals surface area contributed by atoms with E-state index < -0.39 is 21.5 Å². The van der Waals surface area contributed by atoms with Crippen molar-refractivity contribution in [1.29, 1.82) is 0 Å². The Morgan fingerprint density at radius 3 is 2.63 bits per heavy atom. The summed E-state index contributed by atoms with van der Waals surface area (Å²) < 4.78 is 13.4. The van der Waals surface area contributed by atoms with Crippen LogP contribution in [0.1, 0.15) is 88.2 Å². The van der Waals surface area contributed by atoms with Crippen molar-refractivity contribution in [3.8, 4) is 0 Å². The van der Waals surface area contributed by atoms with E-state index >= 15 is 0 Å². The van der Waals surface area contributed by atoms with E-state index in [1.165, 1.54) is 56.0 Å². The fourth-order valence-corrected chi connectivity index (χ4v) is 12.5. The minimum absolute atomic E-state index is 0.205. The summed E-state index contributed by atoms with van der Waals surface area (Å²) in [5, 5.41) is 2.52. The Morgan fingerprint density at radius 2 is 1.81 bits per heavy atom. The van der Waals surface area contributed by atoms with E-state index in [1.807, 2.05) is 30.3 Å². The number of fused-ring (bicyclic) bond motifs is 6. The van der Waals surface area contributed by atoms with Gasteiger partial charge in [0, 0.05) is 11.3 Å². The molecule has 10 rings (SSSR count). The molecule has 1 aliphatic heterocycles. The molecule has 0 bridgehead atoms. The molecule has 3 aromatic carbocycles. The van der Waals surface area contributed by atoms with Crippen molar-refractivity contribution in [1.82, 2.24) is 0 Å². The van der Waals surface area contributed by atoms with E-state index in [4.69, 9.17) is 18.3 Å². The number of amidine groups is 2. The first-order chi connectivity index (χ1) is 28.0. The molecule has 5 aliphatic carbocycles. The van der Waals surface area contributed by atoms with Gasteiger partial charge in [-0.1, -0.05) is 49.5 Å². The molecule has 1 aromatic heterocycles. The molecule has 57 heavy (non-hydrogen) atoms. The summed E-state index contributed by atoms with van der Waals surface area (Å²) in [6, 6.07) is 24.5. The summed E-state index contributed by atoms with van der Waals surface area (Å²) >= 11 is -0.559. The average Bonchev–Trinajstić information content (AvgIpc) is 3.78. The van der Waals surface area contributed by atoms with Gasteiger partial charge in [0.2, 0.25) is 0 Å². The van der Waals surface area contributed by atoms with Gasteiger partial charge in [0.15, 0.2) is 0 Å². The SMILES string of the molecule is CC12CCC=CC1N(c1ccc3c(c1)oc1cccc(C4CC=C([I-]N=C(N=C(N)c5ccccc5)C5=CC=CCC5)CC4)c13)C1C=C(C3CC=CCC3)C=CC12. The molecular formula is C51H52IN4O-. The normalized spacial score (nSPS) is 28.8. The standard InChI is InChI=1S/C51H52IN4O/c1-51-31-12-11-22-47(51)56(44-32-38(25-30-43(44)51)34-14-5-2-6-15-34)40-28-29-42-46(33-40)57-45-21-13-20-41(48(42)45)35-23-26-39(27-24-35)52-55-50(37-18-9-4-10-19-37)54-49(53)36-16-7-3-8-17-36/h2-5,7-9,11,13,16-18,20-22,25-26,28-30,32-35,43-44,47H,6,10,12,14-15,19,23-24,27,31H2,1H3,(H2,53,54,55)/q-1. The Hall–Kier alpha value is -4.69. The van der Waals surface area contributed by atoms with Crippen LogP contribution in [-0.4, -0.2) is 23.8 Å². The monoisotopic (exact) mass is 863 g/mol. The third-order valence-electron chi connectivity index (χ3n) is 13.6. The van der Waals surface area contributed by atoms with Crippen molar-refractivity contribution >= 4 is 39.3 Å². The van der Waals surface area contributed by atoms with Crippen molar-refractivity contribution in [3.63, 3.8) is 0 Å². The number of furan rings is 1. The molecule has 0 spiro atoms. The molecule has 4 aromatic rings. The van der Waals surface area contributed by atoms with Gasteiger partial charge in [-0.25, -0.2) is 0 Å². The van der Waals surface area contributed by atoms with E-state index in [2.05, 4.69) is 115 Å². The van der Waals surface area contributed by atoms with Gasteiger partial charge in [-0.15, -0.1) is 0 Å². The maximum atomic E-state index is 6.76. The smallest absolute Gasteiger partial charge is 0.0885 e. The number of benzene rings is 3. The molecule has 6 atom stereocenters. The molecule has 1 saturated heterocycles. The molecule has 1 fully saturated rings. The first-order valence-electron chi connectivity index (χ1n) is 21.2. The van der Waals surface area contributed by atoms with Crippen LogP contribution in [0.5, 0.6) is 0 Å². The van der Waals surface area contributed by atoms with E-state index in [0.717, 1.165) is 67.5 Å². The molecule has 2 heterocycles. The van der Waals surface area contributed by atoms with Crippen LogP contribution in [0.3, 0.4) is 0 Å². The number of aliphatic imine (C=N–C) groups is 1. The first kappa shape index (κ1) is 36.6. The van der Waals surface area contributed by atoms with Crippen molar-refractivity contribution in [3.05, 3.63) is 159 Å². The molecule has 6 unspecified atom stereocenters. The van der Waals surface area contributed by atoms with Crippen molar-refractivity contribution in [2.24, 2.45) is 31.2 Å². The molecule has 290 valence electrons. The molecule has 6 heteroatoms. The summed E-state index contributed by atoms with van der Waals surface area (Å²) in [6.07, 6.45) is 37.5. The average molecular weight is 864 g/mol. The molecule has 0 amide bonds. The minimum atomic E-state index is -0.559. The van der Waals surface area contributed by atoms with Crippen molar-refractivity contribution in [2.45, 2.75) is 89.1 Å². The number of allylic oxidation sites excluding steroid dienone is 10. The Labute approximate surface area is 347 Å². The quantitative estimate of drug-likeness (QED) is 0.0873. The van der Waals surface area contributed by atoms with Crippen LogP contribution in [0.25, 0.3) is 21.9 Å². The van der Waals surface area contributed by atoms with Gasteiger partial charge in [-0.05, 0) is 43.6 Å². The topological polar surface area (TPSA) is 67.1 Å². The predicted octanol–water partition coefficient (Wildman–Crippen LogP) is 9.20. The van der Waals surface area contributed by atoms with E-state index in [9.17, 15) is 0 Å². The second-order valence-corrected chi connectivity index (χ2v) is 19.3. The summed E-state index contributed by atoms with van der Waals surface area (Å²) in [4.78, 5) is 7.63. The van der Waals surface area contributed by atoms with Crippen LogP contribution in [-0.2, 0) is 0 Å². The second kappa shape index (κ2) is 15.6. The van der Waals surface area contributed by atoms with Gasteiger partial charge >= 0.3 is 245 Å². The number of anilines is 1. The van der Waals surface area contributed by atoms with Gasteiger partial charge in [0.1, 0.15) is 0 Å². The zero-order valence-corrected chi connectivity index (χ0v) is 35.0. The zero-order valence-electron chi connectivity index (χ0n) is 32.9. The molecule has 2 N–H and O–H groups in total. The predicted molar refractivity (Wildman–Crippen MR) is 233 cm³/mol. The summed E-state index contributed by atoms with van der Waals surface area (Å²) in [6.45, 7) is 2.54. The summed E-state index contributed by atoms with van der Waals surface area (Å²) in [5.74, 6) is 2.90. The fraction of sp³-hybridized carbons (Fsp3) is 0.333. The molecule has 0 radical (unpaired) electrons. The number of rotatable bonds is 7. The Bertz CT molecular complexity index is 2480. The van der Waals surface area contributed by atoms with Crippen molar-refractivity contribution < 1.29 is 25.9 Å². The fourth-order valence-electron chi connectivity index (χ4n) is 10.5. The Morgan fingerprint density at radius 1 is 0.877 bits per heavy atom. The van der Waals surface area contributed by atoms with Crippen LogP contribution in [0.2, 0.25) is 0 Å². The van der Waals surface area contributed by atoms with Gasteiger partial charge in [0.25, 0.3) is 0 Å². The molecular weight excluding hydrogens is 811 g/mol. The third kappa shape index (κ3) is 6.92. The van der Waals surface area contributed by atoms with Crippen LogP contribution in [0.4, 0.5) is 5.69 Å². The number of hydrogen-bond donors (Lipinski definition) is 1. The number of halogens is 1. The van der Waals surface area contributed by atoms with Crippen LogP contribution < -0.4 is 32.1 Å². The number of hydrogen-bond acceptors (Lipinski definition) is 3. The maximum absolute atomic E-state index is 6.76. The van der Waals surface area contributed by atoms with Crippen LogP contribution in [0.15, 0.2) is 161 Å². The van der Waals surface area contributed by atoms with Gasteiger partial charge < -0.3 is 0 Å². The van der Waals surface area contributed by atoms with Crippen LogP contribution in [0, 0.1) is 17.3 Å². The van der Waals surface area contributed by atoms with Gasteiger partial charge in [0.05, 0.1) is 0 Å². The summed E-state index contributed by atoms with van der Waals surface area (Å²) in [7, 11) is 0. The first-order valence-corrected chi connectivity index (χ1v) is 23.2. The Balaban J connectivity index is 0.925. The Kier molecular flexibility index (Phi) is 10.0. The molecule has 0 saturated carbocycles.